The molecule has 0 aromatic heterocycles. The summed E-state index contributed by atoms with van der Waals surface area (Å²) in [5.74, 6) is -0.245. The van der Waals surface area contributed by atoms with Gasteiger partial charge in [0, 0.05) is 5.57 Å². The second-order valence-electron chi connectivity index (χ2n) is 2.14. The van der Waals surface area contributed by atoms with Crippen molar-refractivity contribution in [2.45, 2.75) is 20.8 Å². The molecular weight excluding hydrogens is 140 g/mol. The van der Waals surface area contributed by atoms with Crippen LogP contribution in [0.2, 0.25) is 0 Å². The lowest BCUT2D eigenvalue weighted by Gasteiger charge is -1.99. The molecule has 0 unspecified atom stereocenters. The van der Waals surface area contributed by atoms with E-state index in [0.29, 0.717) is 12.2 Å². The van der Waals surface area contributed by atoms with Gasteiger partial charge in [0.15, 0.2) is 0 Å². The van der Waals surface area contributed by atoms with Crippen LogP contribution in [0.25, 0.3) is 0 Å². The first kappa shape index (κ1) is 9.95. The molecule has 0 amide bonds. The molecule has 0 atom stereocenters. The molecule has 0 radical (unpaired) electrons. The molecule has 0 spiro atoms. The lowest BCUT2D eigenvalue weighted by atomic mass is 10.3. The molecule has 0 aliphatic carbocycles. The Hall–Kier alpha value is -1.05. The highest BCUT2D eigenvalue weighted by Crippen LogP contribution is 1.95. The predicted molar refractivity (Wildman–Crippen MR) is 45.2 cm³/mol. The molecule has 2 heteroatoms. The molecule has 0 aromatic rings. The summed E-state index contributed by atoms with van der Waals surface area (Å²) in [6.45, 7) is 5.79. The van der Waals surface area contributed by atoms with E-state index in [1.165, 1.54) is 0 Å². The Bertz CT molecular complexity index is 178. The Morgan fingerprint density at radius 1 is 1.45 bits per heavy atom. The van der Waals surface area contributed by atoms with Crippen LogP contribution in [-0.4, -0.2) is 12.6 Å². The molecule has 0 fully saturated rings. The van der Waals surface area contributed by atoms with E-state index >= 15 is 0 Å². The van der Waals surface area contributed by atoms with Gasteiger partial charge in [0.1, 0.15) is 6.61 Å². The molecule has 0 aliphatic rings. The molecule has 0 bridgehead atoms. The van der Waals surface area contributed by atoms with Crippen LogP contribution in [0.1, 0.15) is 20.8 Å². The third-order valence-electron chi connectivity index (χ3n) is 1.30. The van der Waals surface area contributed by atoms with Crippen molar-refractivity contribution >= 4 is 5.97 Å². The standard InChI is InChI=1S/C9H14O2/c1-4-6-7-11-9(10)8(3)5-2/h4-6H,7H2,1-3H3/b6-4+,8-5+. The van der Waals surface area contributed by atoms with E-state index in [-0.39, 0.29) is 5.97 Å². The first-order valence-corrected chi connectivity index (χ1v) is 3.63. The summed E-state index contributed by atoms with van der Waals surface area (Å²) in [4.78, 5) is 10.9. The number of hydrogen-bond acceptors (Lipinski definition) is 2. The lowest BCUT2D eigenvalue weighted by Crippen LogP contribution is -2.05. The fourth-order valence-corrected chi connectivity index (χ4v) is 0.452. The second-order valence-corrected chi connectivity index (χ2v) is 2.14. The van der Waals surface area contributed by atoms with Gasteiger partial charge in [-0.05, 0) is 20.8 Å². The van der Waals surface area contributed by atoms with Gasteiger partial charge < -0.3 is 4.74 Å². The van der Waals surface area contributed by atoms with Gasteiger partial charge in [-0.1, -0.05) is 18.2 Å². The van der Waals surface area contributed by atoms with Crippen molar-refractivity contribution in [3.05, 3.63) is 23.8 Å². The zero-order valence-corrected chi connectivity index (χ0v) is 7.26. The summed E-state index contributed by atoms with van der Waals surface area (Å²) in [6.07, 6.45) is 5.37. The maximum absolute atomic E-state index is 10.9. The summed E-state index contributed by atoms with van der Waals surface area (Å²) >= 11 is 0. The smallest absolute Gasteiger partial charge is 0.333 e. The predicted octanol–water partition coefficient (Wildman–Crippen LogP) is 2.07. The van der Waals surface area contributed by atoms with Crippen molar-refractivity contribution in [2.75, 3.05) is 6.61 Å². The molecule has 2 nitrogen and oxygen atoms in total. The maximum atomic E-state index is 10.9. The number of carbonyl (C=O) groups is 1. The largest absolute Gasteiger partial charge is 0.458 e. The third kappa shape index (κ3) is 4.37. The van der Waals surface area contributed by atoms with Gasteiger partial charge in [-0.15, -0.1) is 0 Å². The number of ether oxygens (including phenoxy) is 1. The zero-order chi connectivity index (χ0) is 8.69. The van der Waals surface area contributed by atoms with Crippen LogP contribution in [0, 0.1) is 0 Å². The first-order valence-electron chi connectivity index (χ1n) is 3.63. The minimum absolute atomic E-state index is 0.245. The van der Waals surface area contributed by atoms with Crippen LogP contribution in [0.15, 0.2) is 23.8 Å². The molecule has 0 heterocycles. The number of rotatable bonds is 3. The van der Waals surface area contributed by atoms with Gasteiger partial charge in [0.2, 0.25) is 0 Å². The van der Waals surface area contributed by atoms with Gasteiger partial charge in [-0.3, -0.25) is 0 Å². The Balaban J connectivity index is 3.70. The zero-order valence-electron chi connectivity index (χ0n) is 7.26. The molecule has 0 aliphatic heterocycles. The third-order valence-corrected chi connectivity index (χ3v) is 1.30. The Labute approximate surface area is 67.6 Å². The van der Waals surface area contributed by atoms with Crippen molar-refractivity contribution in [1.29, 1.82) is 0 Å². The highest BCUT2D eigenvalue weighted by atomic mass is 16.5. The SMILES string of the molecule is C/C=C/COC(=O)/C(C)=C/C. The molecule has 62 valence electrons. The fraction of sp³-hybridized carbons (Fsp3) is 0.444. The lowest BCUT2D eigenvalue weighted by molar-refractivity contribution is -0.137. The summed E-state index contributed by atoms with van der Waals surface area (Å²) in [5, 5.41) is 0. The quantitative estimate of drug-likeness (QED) is 0.353. The van der Waals surface area contributed by atoms with Crippen molar-refractivity contribution in [3.8, 4) is 0 Å². The van der Waals surface area contributed by atoms with Crippen LogP contribution in [0.5, 0.6) is 0 Å². The Morgan fingerprint density at radius 2 is 2.09 bits per heavy atom. The molecule has 0 saturated carbocycles. The van der Waals surface area contributed by atoms with Crippen LogP contribution in [0.3, 0.4) is 0 Å². The van der Waals surface area contributed by atoms with E-state index in [4.69, 9.17) is 4.74 Å². The number of carbonyl (C=O) groups excluding carboxylic acids is 1. The maximum Gasteiger partial charge on any atom is 0.333 e. The van der Waals surface area contributed by atoms with Crippen LogP contribution in [0.4, 0.5) is 0 Å². The highest BCUT2D eigenvalue weighted by molar-refractivity contribution is 5.87. The molecule has 0 aromatic carbocycles. The number of esters is 1. The average Bonchev–Trinajstić information content (AvgIpc) is 2.03. The Kier molecular flexibility index (Phi) is 5.17. The van der Waals surface area contributed by atoms with E-state index in [9.17, 15) is 4.79 Å². The van der Waals surface area contributed by atoms with Gasteiger partial charge in [-0.25, -0.2) is 4.79 Å². The van der Waals surface area contributed by atoms with E-state index in [1.807, 2.05) is 19.9 Å². The minimum atomic E-state index is -0.245. The first-order chi connectivity index (χ1) is 5.22. The van der Waals surface area contributed by atoms with Crippen molar-refractivity contribution in [2.24, 2.45) is 0 Å². The number of hydrogen-bond donors (Lipinski definition) is 0. The monoisotopic (exact) mass is 154 g/mol. The van der Waals surface area contributed by atoms with E-state index in [1.54, 1.807) is 19.1 Å². The van der Waals surface area contributed by atoms with Crippen molar-refractivity contribution in [1.82, 2.24) is 0 Å². The summed E-state index contributed by atoms with van der Waals surface area (Å²) in [7, 11) is 0. The summed E-state index contributed by atoms with van der Waals surface area (Å²) < 4.78 is 4.84. The Morgan fingerprint density at radius 3 is 2.55 bits per heavy atom. The van der Waals surface area contributed by atoms with E-state index < -0.39 is 0 Å². The van der Waals surface area contributed by atoms with Crippen LogP contribution >= 0.6 is 0 Å². The van der Waals surface area contributed by atoms with Crippen LogP contribution < -0.4 is 0 Å². The van der Waals surface area contributed by atoms with Gasteiger partial charge in [0.05, 0.1) is 0 Å². The van der Waals surface area contributed by atoms with E-state index in [2.05, 4.69) is 0 Å². The fourth-order valence-electron chi connectivity index (χ4n) is 0.452. The van der Waals surface area contributed by atoms with Gasteiger partial charge in [-0.2, -0.15) is 0 Å². The van der Waals surface area contributed by atoms with Crippen molar-refractivity contribution in [3.63, 3.8) is 0 Å². The number of allylic oxidation sites excluding steroid dienone is 2. The van der Waals surface area contributed by atoms with Crippen molar-refractivity contribution < 1.29 is 9.53 Å². The highest BCUT2D eigenvalue weighted by Gasteiger charge is 2.01. The minimum Gasteiger partial charge on any atom is -0.458 e. The normalized spacial score (nSPS) is 12.1. The van der Waals surface area contributed by atoms with Crippen LogP contribution in [-0.2, 0) is 9.53 Å². The topological polar surface area (TPSA) is 26.3 Å². The molecule has 0 saturated heterocycles. The second kappa shape index (κ2) is 5.71. The molecule has 0 N–H and O–H groups in total. The van der Waals surface area contributed by atoms with Gasteiger partial charge in [0.25, 0.3) is 0 Å². The molecular formula is C9H14O2. The van der Waals surface area contributed by atoms with E-state index in [0.717, 1.165) is 0 Å². The average molecular weight is 154 g/mol. The van der Waals surface area contributed by atoms with Gasteiger partial charge >= 0.3 is 5.97 Å². The molecule has 11 heavy (non-hydrogen) atoms. The molecule has 0 rings (SSSR count). The summed E-state index contributed by atoms with van der Waals surface area (Å²) in [5.41, 5.74) is 0.648. The summed E-state index contributed by atoms with van der Waals surface area (Å²) in [6, 6.07) is 0.